The van der Waals surface area contributed by atoms with Gasteiger partial charge in [-0.15, -0.1) is 0 Å². The van der Waals surface area contributed by atoms with E-state index >= 15 is 4.39 Å². The zero-order chi connectivity index (χ0) is 25.1. The van der Waals surface area contributed by atoms with Crippen molar-refractivity contribution in [2.24, 2.45) is 0 Å². The highest BCUT2D eigenvalue weighted by molar-refractivity contribution is 7.91. The maximum absolute atomic E-state index is 15.7. The zero-order valence-electron chi connectivity index (χ0n) is 19.8. The Morgan fingerprint density at radius 3 is 2.41 bits per heavy atom. The first-order chi connectivity index (χ1) is 15.7. The summed E-state index contributed by atoms with van der Waals surface area (Å²) in [6, 6.07) is 2.94. The van der Waals surface area contributed by atoms with Crippen LogP contribution in [0.1, 0.15) is 58.9 Å². The predicted octanol–water partition coefficient (Wildman–Crippen LogP) is 2.56. The van der Waals surface area contributed by atoms with Crippen molar-refractivity contribution in [1.29, 1.82) is 0 Å². The molecule has 1 aliphatic carbocycles. The van der Waals surface area contributed by atoms with Gasteiger partial charge < -0.3 is 19.3 Å². The Bertz CT molecular complexity index is 1060. The molecule has 0 unspecified atom stereocenters. The molecule has 0 bridgehead atoms. The number of sulfonamides is 1. The van der Waals surface area contributed by atoms with Crippen LogP contribution in [-0.4, -0.2) is 66.5 Å². The van der Waals surface area contributed by atoms with E-state index in [1.54, 1.807) is 12.1 Å². The minimum atomic E-state index is -4.29. The molecule has 3 aliphatic rings. The fourth-order valence-corrected chi connectivity index (χ4v) is 6.02. The van der Waals surface area contributed by atoms with Crippen LogP contribution in [0.4, 0.5) is 13.6 Å². The van der Waals surface area contributed by atoms with Crippen LogP contribution in [0.3, 0.4) is 0 Å². The third-order valence-corrected chi connectivity index (χ3v) is 9.49. The van der Waals surface area contributed by atoms with Crippen molar-refractivity contribution in [3.63, 3.8) is 0 Å². The number of piperidine rings is 1. The SMILES string of the molecule is CC1(C)OB(c2cccc(C[C@H]3[C@@H](NS(=O)(=O)C4(F)CC4)CCCN3C(=O)O)c2F)OC1(C)C. The Morgan fingerprint density at radius 2 is 1.85 bits per heavy atom. The van der Waals surface area contributed by atoms with Crippen LogP contribution in [0.25, 0.3) is 0 Å². The molecule has 1 aromatic rings. The quantitative estimate of drug-likeness (QED) is 0.582. The van der Waals surface area contributed by atoms with E-state index in [-0.39, 0.29) is 36.8 Å². The van der Waals surface area contributed by atoms with Crippen molar-refractivity contribution < 1.29 is 36.4 Å². The molecule has 4 rings (SSSR count). The molecule has 2 aliphatic heterocycles. The summed E-state index contributed by atoms with van der Waals surface area (Å²) in [6.45, 7) is 7.61. The second-order valence-corrected chi connectivity index (χ2v) is 12.4. The van der Waals surface area contributed by atoms with E-state index in [9.17, 15) is 22.7 Å². The van der Waals surface area contributed by atoms with Crippen molar-refractivity contribution in [2.45, 2.75) is 88.1 Å². The molecule has 0 radical (unpaired) electrons. The van der Waals surface area contributed by atoms with Gasteiger partial charge >= 0.3 is 13.2 Å². The highest BCUT2D eigenvalue weighted by Gasteiger charge is 2.57. The highest BCUT2D eigenvalue weighted by Crippen LogP contribution is 2.45. The van der Waals surface area contributed by atoms with Crippen LogP contribution in [0.15, 0.2) is 18.2 Å². The molecular formula is C22H31BF2N2O6S. The molecule has 2 heterocycles. The molecule has 1 aromatic carbocycles. The van der Waals surface area contributed by atoms with Gasteiger partial charge in [0.25, 0.3) is 0 Å². The van der Waals surface area contributed by atoms with Crippen LogP contribution in [-0.2, 0) is 25.8 Å². The lowest BCUT2D eigenvalue weighted by Gasteiger charge is -2.40. The van der Waals surface area contributed by atoms with E-state index in [4.69, 9.17) is 9.31 Å². The molecule has 2 N–H and O–H groups in total. The van der Waals surface area contributed by atoms with Gasteiger partial charge in [0.15, 0.2) is 0 Å². The van der Waals surface area contributed by atoms with Crippen LogP contribution < -0.4 is 10.2 Å². The van der Waals surface area contributed by atoms with Crippen LogP contribution in [0, 0.1) is 5.82 Å². The molecular weight excluding hydrogens is 469 g/mol. The maximum atomic E-state index is 15.7. The monoisotopic (exact) mass is 500 g/mol. The predicted molar refractivity (Wildman–Crippen MR) is 122 cm³/mol. The van der Waals surface area contributed by atoms with Gasteiger partial charge in [0.2, 0.25) is 15.0 Å². The van der Waals surface area contributed by atoms with E-state index in [1.807, 2.05) is 27.7 Å². The van der Waals surface area contributed by atoms with E-state index in [1.165, 1.54) is 6.07 Å². The summed E-state index contributed by atoms with van der Waals surface area (Å²) in [7, 11) is -5.23. The topological polar surface area (TPSA) is 105 Å². The number of likely N-dealkylation sites (tertiary alicyclic amines) is 1. The number of alkyl halides is 1. The zero-order valence-corrected chi connectivity index (χ0v) is 20.6. The standard InChI is InChI=1S/C22H31BF2N2O6S/c1-20(2)21(3,4)33-23(32-20)15-8-5-7-14(18(15)24)13-17-16(9-6-12-27(17)19(28)29)26-34(30,31)22(25)10-11-22/h5,7-8,16-17,26H,6,9-13H2,1-4H3,(H,28,29)/t16-,17-/m0/s1. The molecule has 34 heavy (non-hydrogen) atoms. The molecule has 8 nitrogen and oxygen atoms in total. The van der Waals surface area contributed by atoms with Crippen molar-refractivity contribution >= 4 is 28.7 Å². The van der Waals surface area contributed by atoms with E-state index in [0.717, 1.165) is 4.90 Å². The van der Waals surface area contributed by atoms with Crippen LogP contribution >= 0.6 is 0 Å². The molecule has 0 spiro atoms. The van der Waals surface area contributed by atoms with Crippen molar-refractivity contribution in [1.82, 2.24) is 9.62 Å². The van der Waals surface area contributed by atoms with Gasteiger partial charge in [0, 0.05) is 30.9 Å². The molecule has 12 heteroatoms. The molecule has 1 saturated carbocycles. The van der Waals surface area contributed by atoms with E-state index < -0.39 is 57.3 Å². The van der Waals surface area contributed by atoms with Gasteiger partial charge in [-0.2, -0.15) is 0 Å². The second-order valence-electron chi connectivity index (χ2n) is 10.4. The smallest absolute Gasteiger partial charge is 0.465 e. The van der Waals surface area contributed by atoms with Gasteiger partial charge in [-0.05, 0) is 52.5 Å². The number of amides is 1. The highest BCUT2D eigenvalue weighted by atomic mass is 32.2. The first-order valence-electron chi connectivity index (χ1n) is 11.5. The first kappa shape index (κ1) is 25.3. The minimum absolute atomic E-state index is 0.0854. The third kappa shape index (κ3) is 4.45. The van der Waals surface area contributed by atoms with Gasteiger partial charge in [-0.3, -0.25) is 0 Å². The molecule has 188 valence electrons. The van der Waals surface area contributed by atoms with Gasteiger partial charge in [-0.1, -0.05) is 18.2 Å². The number of rotatable bonds is 6. The lowest BCUT2D eigenvalue weighted by molar-refractivity contribution is 0.00578. The average Bonchev–Trinajstić information content (AvgIpc) is 3.44. The summed E-state index contributed by atoms with van der Waals surface area (Å²) in [5.74, 6) is -0.595. The van der Waals surface area contributed by atoms with Gasteiger partial charge in [0.1, 0.15) is 5.82 Å². The van der Waals surface area contributed by atoms with Gasteiger partial charge in [-0.25, -0.2) is 26.7 Å². The Hall–Kier alpha value is -1.76. The summed E-state index contributed by atoms with van der Waals surface area (Å²) >= 11 is 0. The van der Waals surface area contributed by atoms with E-state index in [2.05, 4.69) is 4.72 Å². The molecule has 0 aromatic heterocycles. The second kappa shape index (κ2) is 8.42. The Kier molecular flexibility index (Phi) is 6.28. The normalized spacial score (nSPS) is 27.6. The van der Waals surface area contributed by atoms with Crippen LogP contribution in [0.2, 0.25) is 0 Å². The molecule has 2 saturated heterocycles. The summed E-state index contributed by atoms with van der Waals surface area (Å²) in [6.07, 6.45) is -0.774. The van der Waals surface area contributed by atoms with Crippen molar-refractivity contribution in [3.8, 4) is 0 Å². The van der Waals surface area contributed by atoms with Gasteiger partial charge in [0.05, 0.1) is 17.2 Å². The number of halogens is 2. The largest absolute Gasteiger partial charge is 0.497 e. The van der Waals surface area contributed by atoms with Crippen molar-refractivity contribution in [3.05, 3.63) is 29.6 Å². The first-order valence-corrected chi connectivity index (χ1v) is 13.0. The average molecular weight is 500 g/mol. The molecule has 3 fully saturated rings. The Labute approximate surface area is 199 Å². The number of nitrogens with one attached hydrogen (secondary N) is 1. The van der Waals surface area contributed by atoms with Crippen LogP contribution in [0.5, 0.6) is 0 Å². The Balaban J connectivity index is 1.62. The van der Waals surface area contributed by atoms with Crippen molar-refractivity contribution in [2.75, 3.05) is 6.54 Å². The summed E-state index contributed by atoms with van der Waals surface area (Å²) in [5.41, 5.74) is -0.946. The number of hydrogen-bond donors (Lipinski definition) is 2. The molecule has 2 atom stereocenters. The number of nitrogens with zero attached hydrogens (tertiary/aromatic N) is 1. The number of carboxylic acid groups (broad SMARTS) is 1. The third-order valence-electron chi connectivity index (χ3n) is 7.50. The summed E-state index contributed by atoms with van der Waals surface area (Å²) in [4.78, 5) is 13.0. The summed E-state index contributed by atoms with van der Waals surface area (Å²) in [5, 5.41) is 7.41. The van der Waals surface area contributed by atoms with E-state index in [0.29, 0.717) is 12.8 Å². The molecule has 1 amide bonds. The number of benzene rings is 1. The fourth-order valence-electron chi connectivity index (χ4n) is 4.49. The maximum Gasteiger partial charge on any atom is 0.497 e. The lowest BCUT2D eigenvalue weighted by atomic mass is 9.77. The number of carbonyl (C=O) groups is 1. The Morgan fingerprint density at radius 1 is 1.24 bits per heavy atom. The minimum Gasteiger partial charge on any atom is -0.465 e. The fraction of sp³-hybridized carbons (Fsp3) is 0.682. The summed E-state index contributed by atoms with van der Waals surface area (Å²) < 4.78 is 69.4. The lowest BCUT2D eigenvalue weighted by Crippen LogP contribution is -2.58. The number of hydrogen-bond acceptors (Lipinski definition) is 5.